The van der Waals surface area contributed by atoms with Gasteiger partial charge < -0.3 is 80.5 Å². The number of piperazine rings is 1. The van der Waals surface area contributed by atoms with Crippen LogP contribution in [0.5, 0.6) is 0 Å². The van der Waals surface area contributed by atoms with Gasteiger partial charge in [0.05, 0.1) is 33.0 Å². The lowest BCUT2D eigenvalue weighted by molar-refractivity contribution is -0.300. The standard InChI is InChI=1S/C47H78N6O21/c1-26(13-19-71-46-41(63)39(61)37(59)32(24-54)73-46)21-34(56)48-15-6-9-29-43(65)50-30(44(66)49-29)10-7-16-52(68)35(57)22-27(2)12-18-70-45(67)31(51(4)5)11-8-17-53(69)36(58)23-28(3)14-20-72-47-42(64)40(62)38(60)33(25-55)74-47/h21-23,29-33,37-42,46-47,54-55,59-64,68-69H,6-20,24-25H2,1-5H3,(H,48,56)(H,49,66)(H,50,65)/b26-21+,27-22+,28-23+/t29-,30?,31-,32-,33-,37+,38+,39-,40-,41-,42-,46+,47+/m0/s1. The van der Waals surface area contributed by atoms with Gasteiger partial charge in [-0.3, -0.25) is 44.1 Å². The number of nitrogens with one attached hydrogen (secondary N) is 3. The molecule has 3 rings (SSSR count). The second-order valence-electron chi connectivity index (χ2n) is 18.8. The third kappa shape index (κ3) is 20.5. The van der Waals surface area contributed by atoms with Crippen molar-refractivity contribution in [3.05, 3.63) is 34.9 Å². The highest BCUT2D eigenvalue weighted by Gasteiger charge is 2.45. The van der Waals surface area contributed by atoms with Crippen LogP contribution in [-0.4, -0.2) is 248 Å². The molecule has 0 bridgehead atoms. The minimum atomic E-state index is -1.59. The van der Waals surface area contributed by atoms with E-state index in [0.717, 1.165) is 0 Å². The van der Waals surface area contributed by atoms with Crippen molar-refractivity contribution < 1.29 is 104 Å². The first-order valence-electron chi connectivity index (χ1n) is 24.6. The molecule has 3 aliphatic heterocycles. The summed E-state index contributed by atoms with van der Waals surface area (Å²) in [6, 6.07) is -2.46. The molecule has 3 aliphatic rings. The number of ether oxygens (including phenoxy) is 5. The van der Waals surface area contributed by atoms with Crippen molar-refractivity contribution in [1.29, 1.82) is 0 Å². The Hall–Kier alpha value is -4.56. The second kappa shape index (κ2) is 32.1. The van der Waals surface area contributed by atoms with Gasteiger partial charge in [0.2, 0.25) is 17.7 Å². The van der Waals surface area contributed by atoms with Gasteiger partial charge in [-0.25, -0.2) is 10.1 Å². The van der Waals surface area contributed by atoms with Crippen LogP contribution < -0.4 is 16.0 Å². The van der Waals surface area contributed by atoms with Gasteiger partial charge in [-0.15, -0.1) is 0 Å². The number of hydrogen-bond donors (Lipinski definition) is 13. The molecule has 0 saturated carbocycles. The quantitative estimate of drug-likeness (QED) is 0.0107. The fraction of sp³-hybridized carbons (Fsp3) is 0.745. The number of aliphatic hydroxyl groups excluding tert-OH is 8. The first-order valence-corrected chi connectivity index (χ1v) is 24.6. The molecule has 3 heterocycles. The number of rotatable bonds is 30. The lowest BCUT2D eigenvalue weighted by atomic mass is 9.99. The summed E-state index contributed by atoms with van der Waals surface area (Å²) in [4.78, 5) is 77.7. The molecule has 27 nitrogen and oxygen atoms in total. The Morgan fingerprint density at radius 1 is 0.635 bits per heavy atom. The number of amides is 5. The Bertz CT molecular complexity index is 1920. The van der Waals surface area contributed by atoms with Gasteiger partial charge in [-0.1, -0.05) is 16.7 Å². The molecule has 27 heteroatoms. The zero-order valence-electron chi connectivity index (χ0n) is 42.6. The smallest absolute Gasteiger partial charge is 0.323 e. The Balaban J connectivity index is 1.28. The molecule has 0 spiro atoms. The molecule has 5 amide bonds. The van der Waals surface area contributed by atoms with E-state index in [1.807, 2.05) is 0 Å². The van der Waals surface area contributed by atoms with Crippen LogP contribution in [-0.2, 0) is 52.5 Å². The number of carbonyl (C=O) groups is 6. The second-order valence-corrected chi connectivity index (χ2v) is 18.8. The van der Waals surface area contributed by atoms with Crippen LogP contribution in [0.15, 0.2) is 34.9 Å². The van der Waals surface area contributed by atoms with Crippen LogP contribution in [0.2, 0.25) is 0 Å². The summed E-state index contributed by atoms with van der Waals surface area (Å²) in [5.74, 6) is -3.31. The molecular formula is C47H78N6O21. The minimum Gasteiger partial charge on any atom is -0.464 e. The number of aliphatic hydroxyl groups is 8. The van der Waals surface area contributed by atoms with E-state index in [9.17, 15) is 80.0 Å². The van der Waals surface area contributed by atoms with Crippen LogP contribution in [0, 0.1) is 0 Å². The fourth-order valence-electron chi connectivity index (χ4n) is 7.84. The van der Waals surface area contributed by atoms with Crippen LogP contribution in [0.25, 0.3) is 0 Å². The van der Waals surface area contributed by atoms with Crippen LogP contribution in [0.4, 0.5) is 0 Å². The van der Waals surface area contributed by atoms with Gasteiger partial charge in [0, 0.05) is 44.3 Å². The maximum atomic E-state index is 12.9. The van der Waals surface area contributed by atoms with E-state index in [-0.39, 0.29) is 90.8 Å². The predicted octanol–water partition coefficient (Wildman–Crippen LogP) is -4.02. The van der Waals surface area contributed by atoms with Crippen molar-refractivity contribution in [1.82, 2.24) is 31.0 Å². The summed E-state index contributed by atoms with van der Waals surface area (Å²) in [6.45, 7) is 3.50. The van der Waals surface area contributed by atoms with E-state index in [0.29, 0.717) is 33.3 Å². The van der Waals surface area contributed by atoms with E-state index in [1.165, 1.54) is 18.2 Å². The Kier molecular flexibility index (Phi) is 27.7. The number of hydrogen-bond acceptors (Lipinski definition) is 22. The fourth-order valence-corrected chi connectivity index (χ4v) is 7.84. The SMILES string of the molecule is C/C(=C\C(=O)N(O)CCCC1NC(=O)[C@H](CCCNC(=O)/C=C(\C)CCO[C@@H]2O[C@@H](CO)[C@@H](O)[C@H](O)[C@@H]2O)NC1=O)CCOC(=O)[C@H](CCCN(O)C(=O)/C=C(\C)CCO[C@@H]1O[C@@H](CO)[C@@H](O)[C@H](O)[C@@H]1O)N(C)C. The molecule has 13 atom stereocenters. The summed E-state index contributed by atoms with van der Waals surface area (Å²) in [5, 5.41) is 108. The molecule has 3 saturated heterocycles. The third-order valence-corrected chi connectivity index (χ3v) is 12.5. The maximum Gasteiger partial charge on any atom is 0.323 e. The highest BCUT2D eigenvalue weighted by Crippen LogP contribution is 2.24. The minimum absolute atomic E-state index is 0.00329. The largest absolute Gasteiger partial charge is 0.464 e. The highest BCUT2D eigenvalue weighted by atomic mass is 16.7. The third-order valence-electron chi connectivity index (χ3n) is 12.5. The molecule has 3 fully saturated rings. The monoisotopic (exact) mass is 1060 g/mol. The van der Waals surface area contributed by atoms with Gasteiger partial charge in [0.25, 0.3) is 11.8 Å². The first-order chi connectivity index (χ1) is 35.0. The van der Waals surface area contributed by atoms with Crippen molar-refractivity contribution in [2.24, 2.45) is 0 Å². The lowest BCUT2D eigenvalue weighted by Crippen LogP contribution is -2.61. The van der Waals surface area contributed by atoms with E-state index in [1.54, 1.807) is 39.8 Å². The average molecular weight is 1060 g/mol. The summed E-state index contributed by atoms with van der Waals surface area (Å²) < 4.78 is 26.9. The highest BCUT2D eigenvalue weighted by molar-refractivity contribution is 5.97. The summed E-state index contributed by atoms with van der Waals surface area (Å²) in [7, 11) is 3.33. The van der Waals surface area contributed by atoms with Gasteiger partial charge in [-0.2, -0.15) is 0 Å². The number of carbonyl (C=O) groups excluding carboxylic acids is 6. The molecule has 1 unspecified atom stereocenters. The summed E-state index contributed by atoms with van der Waals surface area (Å²) in [5.41, 5.74) is 1.62. The zero-order valence-corrected chi connectivity index (χ0v) is 42.6. The normalized spacial score (nSPS) is 28.3. The number of likely N-dealkylation sites (N-methyl/N-ethyl adjacent to an activating group) is 1. The zero-order chi connectivity index (χ0) is 55.2. The summed E-state index contributed by atoms with van der Waals surface area (Å²) >= 11 is 0. The molecule has 0 aliphatic carbocycles. The van der Waals surface area contributed by atoms with Crippen molar-refractivity contribution in [3.63, 3.8) is 0 Å². The molecule has 0 aromatic rings. The van der Waals surface area contributed by atoms with Crippen molar-refractivity contribution in [3.8, 4) is 0 Å². The number of esters is 1. The Labute approximate surface area is 429 Å². The lowest BCUT2D eigenvalue weighted by Gasteiger charge is -2.39. The van der Waals surface area contributed by atoms with Crippen molar-refractivity contribution in [2.45, 2.75) is 158 Å². The molecular weight excluding hydrogens is 985 g/mol. The molecule has 0 radical (unpaired) electrons. The molecule has 74 heavy (non-hydrogen) atoms. The van der Waals surface area contributed by atoms with Gasteiger partial charge in [-0.05, 0) is 86.2 Å². The Morgan fingerprint density at radius 2 is 1.07 bits per heavy atom. The number of nitrogens with zero attached hydrogens (tertiary/aromatic N) is 3. The molecule has 13 N–H and O–H groups in total. The van der Waals surface area contributed by atoms with Gasteiger partial charge >= 0.3 is 5.97 Å². The predicted molar refractivity (Wildman–Crippen MR) is 255 cm³/mol. The van der Waals surface area contributed by atoms with E-state index >= 15 is 0 Å². The topological polar surface area (TPSA) is 397 Å². The first kappa shape index (κ1) is 63.7. The average Bonchev–Trinajstić information content (AvgIpc) is 3.34. The van der Waals surface area contributed by atoms with Crippen LogP contribution in [0.3, 0.4) is 0 Å². The number of hydroxylamine groups is 4. The Morgan fingerprint density at radius 3 is 1.53 bits per heavy atom. The molecule has 0 aromatic carbocycles. The van der Waals surface area contributed by atoms with Crippen molar-refractivity contribution in [2.75, 3.05) is 66.8 Å². The maximum absolute atomic E-state index is 12.9. The van der Waals surface area contributed by atoms with Gasteiger partial charge in [0.1, 0.15) is 67.0 Å². The van der Waals surface area contributed by atoms with Crippen LogP contribution >= 0.6 is 0 Å². The molecule has 0 aromatic heterocycles. The van der Waals surface area contributed by atoms with Gasteiger partial charge in [0.15, 0.2) is 12.6 Å². The van der Waals surface area contributed by atoms with Crippen LogP contribution in [0.1, 0.15) is 78.6 Å². The summed E-state index contributed by atoms with van der Waals surface area (Å²) in [6.07, 6.45) is -8.54. The van der Waals surface area contributed by atoms with E-state index in [4.69, 9.17) is 23.7 Å². The van der Waals surface area contributed by atoms with E-state index < -0.39 is 128 Å². The van der Waals surface area contributed by atoms with E-state index in [2.05, 4.69) is 16.0 Å². The molecule has 422 valence electrons. The van der Waals surface area contributed by atoms with Crippen molar-refractivity contribution >= 4 is 35.5 Å².